The second-order valence-corrected chi connectivity index (χ2v) is 5.74. The Bertz CT molecular complexity index is 393. The highest BCUT2D eigenvalue weighted by Gasteiger charge is 2.18. The number of hydrogen-bond donors (Lipinski definition) is 2. The van der Waals surface area contributed by atoms with Gasteiger partial charge in [-0.1, -0.05) is 0 Å². The molecule has 0 saturated carbocycles. The minimum Gasteiger partial charge on any atom is -0.396 e. The number of amides is 1. The molecule has 0 aromatic carbocycles. The average Bonchev–Trinajstić information content (AvgIpc) is 2.80. The maximum Gasteiger partial charge on any atom is 0.261 e. The fourth-order valence-electron chi connectivity index (χ4n) is 2.02. The topological polar surface area (TPSA) is 58.6 Å². The van der Waals surface area contributed by atoms with Gasteiger partial charge in [0.25, 0.3) is 5.91 Å². The maximum absolute atomic E-state index is 12.0. The van der Waals surface area contributed by atoms with E-state index in [1.165, 1.54) is 4.88 Å². The molecule has 100 valence electrons. The van der Waals surface area contributed by atoms with Crippen molar-refractivity contribution in [3.05, 3.63) is 21.4 Å². The van der Waals surface area contributed by atoms with Crippen LogP contribution in [0.3, 0.4) is 0 Å². The SMILES string of the molecule is CC(CCCO)NC(=O)c1cc2c(s1)CCOC2. The van der Waals surface area contributed by atoms with Crippen LogP contribution in [0.25, 0.3) is 0 Å². The van der Waals surface area contributed by atoms with E-state index < -0.39 is 0 Å². The Morgan fingerprint density at radius 2 is 2.50 bits per heavy atom. The predicted octanol–water partition coefficient (Wildman–Crippen LogP) is 1.71. The van der Waals surface area contributed by atoms with E-state index in [9.17, 15) is 4.79 Å². The van der Waals surface area contributed by atoms with Crippen molar-refractivity contribution in [1.29, 1.82) is 0 Å². The quantitative estimate of drug-likeness (QED) is 0.855. The van der Waals surface area contributed by atoms with Crippen molar-refractivity contribution in [3.8, 4) is 0 Å². The lowest BCUT2D eigenvalue weighted by Gasteiger charge is -2.11. The Kier molecular flexibility index (Phi) is 4.74. The molecule has 1 aliphatic rings. The van der Waals surface area contributed by atoms with E-state index in [0.717, 1.165) is 36.3 Å². The summed E-state index contributed by atoms with van der Waals surface area (Å²) >= 11 is 1.57. The van der Waals surface area contributed by atoms with Gasteiger partial charge in [-0.25, -0.2) is 0 Å². The summed E-state index contributed by atoms with van der Waals surface area (Å²) in [4.78, 5) is 14.1. The molecule has 18 heavy (non-hydrogen) atoms. The molecule has 1 aromatic heterocycles. The van der Waals surface area contributed by atoms with Crippen LogP contribution in [-0.4, -0.2) is 30.3 Å². The third-order valence-electron chi connectivity index (χ3n) is 3.02. The number of aliphatic hydroxyl groups is 1. The zero-order chi connectivity index (χ0) is 13.0. The highest BCUT2D eigenvalue weighted by Crippen LogP contribution is 2.26. The average molecular weight is 269 g/mol. The molecule has 1 aromatic rings. The Hall–Kier alpha value is -0.910. The lowest BCUT2D eigenvalue weighted by Crippen LogP contribution is -2.32. The lowest BCUT2D eigenvalue weighted by molar-refractivity contribution is 0.0940. The summed E-state index contributed by atoms with van der Waals surface area (Å²) in [6, 6.07) is 2.04. The smallest absolute Gasteiger partial charge is 0.261 e. The third-order valence-corrected chi connectivity index (χ3v) is 4.26. The fraction of sp³-hybridized carbons (Fsp3) is 0.615. The van der Waals surface area contributed by atoms with Crippen LogP contribution in [0.4, 0.5) is 0 Å². The van der Waals surface area contributed by atoms with Crippen molar-refractivity contribution in [1.82, 2.24) is 5.32 Å². The van der Waals surface area contributed by atoms with E-state index in [4.69, 9.17) is 9.84 Å². The van der Waals surface area contributed by atoms with Crippen molar-refractivity contribution in [2.45, 2.75) is 38.8 Å². The van der Waals surface area contributed by atoms with Gasteiger partial charge in [-0.05, 0) is 31.4 Å². The molecule has 0 bridgehead atoms. The van der Waals surface area contributed by atoms with Crippen LogP contribution in [-0.2, 0) is 17.8 Å². The van der Waals surface area contributed by atoms with Gasteiger partial charge >= 0.3 is 0 Å². The molecule has 1 unspecified atom stereocenters. The number of fused-ring (bicyclic) bond motifs is 1. The number of hydrogen-bond acceptors (Lipinski definition) is 4. The summed E-state index contributed by atoms with van der Waals surface area (Å²) in [5, 5.41) is 11.7. The van der Waals surface area contributed by atoms with Crippen LogP contribution >= 0.6 is 11.3 Å². The van der Waals surface area contributed by atoms with Crippen molar-refractivity contribution < 1.29 is 14.6 Å². The number of carbonyl (C=O) groups is 1. The van der Waals surface area contributed by atoms with Gasteiger partial charge in [0.1, 0.15) is 0 Å². The van der Waals surface area contributed by atoms with Gasteiger partial charge in [0.05, 0.1) is 18.1 Å². The van der Waals surface area contributed by atoms with E-state index in [1.54, 1.807) is 11.3 Å². The van der Waals surface area contributed by atoms with Gasteiger partial charge in [0.15, 0.2) is 0 Å². The summed E-state index contributed by atoms with van der Waals surface area (Å²) in [7, 11) is 0. The van der Waals surface area contributed by atoms with Crippen molar-refractivity contribution in [2.75, 3.05) is 13.2 Å². The number of thiophene rings is 1. The van der Waals surface area contributed by atoms with E-state index >= 15 is 0 Å². The molecule has 0 radical (unpaired) electrons. The van der Waals surface area contributed by atoms with Gasteiger partial charge in [-0.15, -0.1) is 11.3 Å². The van der Waals surface area contributed by atoms with Gasteiger partial charge in [0.2, 0.25) is 0 Å². The molecule has 0 saturated heterocycles. The first-order chi connectivity index (χ1) is 8.70. The first-order valence-corrected chi connectivity index (χ1v) is 7.13. The fourth-order valence-corrected chi connectivity index (χ4v) is 3.08. The van der Waals surface area contributed by atoms with Gasteiger partial charge in [-0.3, -0.25) is 4.79 Å². The molecular weight excluding hydrogens is 250 g/mol. The normalized spacial score (nSPS) is 16.1. The van der Waals surface area contributed by atoms with Crippen LogP contribution in [0.15, 0.2) is 6.07 Å². The van der Waals surface area contributed by atoms with Crippen LogP contribution < -0.4 is 5.32 Å². The lowest BCUT2D eigenvalue weighted by atomic mass is 10.1. The first kappa shape index (κ1) is 13.5. The van der Waals surface area contributed by atoms with Gasteiger partial charge in [0, 0.05) is 23.9 Å². The molecule has 0 fully saturated rings. The van der Waals surface area contributed by atoms with Crippen LogP contribution in [0, 0.1) is 0 Å². The van der Waals surface area contributed by atoms with Crippen molar-refractivity contribution in [3.63, 3.8) is 0 Å². The Morgan fingerprint density at radius 3 is 3.22 bits per heavy atom. The molecule has 4 nitrogen and oxygen atoms in total. The van der Waals surface area contributed by atoms with Crippen molar-refractivity contribution >= 4 is 17.2 Å². The molecule has 1 aliphatic heterocycles. The standard InChI is InChI=1S/C13H19NO3S/c1-9(3-2-5-15)14-13(16)12-7-10-8-17-6-4-11(10)18-12/h7,9,15H,2-6,8H2,1H3,(H,14,16). The number of ether oxygens (including phenoxy) is 1. The zero-order valence-corrected chi connectivity index (χ0v) is 11.4. The van der Waals surface area contributed by atoms with Gasteiger partial charge in [-0.2, -0.15) is 0 Å². The van der Waals surface area contributed by atoms with Crippen molar-refractivity contribution in [2.24, 2.45) is 0 Å². The monoisotopic (exact) mass is 269 g/mol. The maximum atomic E-state index is 12.0. The Balaban J connectivity index is 1.94. The molecule has 2 N–H and O–H groups in total. The Labute approximate surface area is 111 Å². The first-order valence-electron chi connectivity index (χ1n) is 6.31. The predicted molar refractivity (Wildman–Crippen MR) is 70.9 cm³/mol. The molecule has 2 heterocycles. The molecule has 0 spiro atoms. The number of rotatable bonds is 5. The molecule has 5 heteroatoms. The summed E-state index contributed by atoms with van der Waals surface area (Å²) in [5.74, 6) is -0.0140. The number of nitrogens with one attached hydrogen (secondary N) is 1. The molecule has 2 rings (SSSR count). The minimum atomic E-state index is -0.0140. The second kappa shape index (κ2) is 6.31. The third kappa shape index (κ3) is 3.31. The summed E-state index contributed by atoms with van der Waals surface area (Å²) in [6.07, 6.45) is 2.43. The highest BCUT2D eigenvalue weighted by molar-refractivity contribution is 7.14. The Morgan fingerprint density at radius 1 is 1.67 bits per heavy atom. The number of carbonyl (C=O) groups excluding carboxylic acids is 1. The van der Waals surface area contributed by atoms with Crippen LogP contribution in [0.5, 0.6) is 0 Å². The van der Waals surface area contributed by atoms with E-state index in [0.29, 0.717) is 6.61 Å². The molecule has 0 aliphatic carbocycles. The number of aliphatic hydroxyl groups excluding tert-OH is 1. The van der Waals surface area contributed by atoms with Crippen LogP contribution in [0.2, 0.25) is 0 Å². The van der Waals surface area contributed by atoms with E-state index in [-0.39, 0.29) is 18.6 Å². The summed E-state index contributed by atoms with van der Waals surface area (Å²) in [5.41, 5.74) is 1.15. The van der Waals surface area contributed by atoms with E-state index in [1.807, 2.05) is 13.0 Å². The highest BCUT2D eigenvalue weighted by atomic mass is 32.1. The summed E-state index contributed by atoms with van der Waals surface area (Å²) < 4.78 is 5.37. The van der Waals surface area contributed by atoms with E-state index in [2.05, 4.69) is 5.32 Å². The molecular formula is C13H19NO3S. The molecule has 1 atom stereocenters. The summed E-state index contributed by atoms with van der Waals surface area (Å²) in [6.45, 7) is 3.51. The minimum absolute atomic E-state index is 0.0140. The molecule has 1 amide bonds. The largest absolute Gasteiger partial charge is 0.396 e. The second-order valence-electron chi connectivity index (χ2n) is 4.60. The van der Waals surface area contributed by atoms with Gasteiger partial charge < -0.3 is 15.2 Å². The van der Waals surface area contributed by atoms with Crippen LogP contribution in [0.1, 0.15) is 39.9 Å². The zero-order valence-electron chi connectivity index (χ0n) is 10.6.